The summed E-state index contributed by atoms with van der Waals surface area (Å²) in [5.41, 5.74) is 0.967. The summed E-state index contributed by atoms with van der Waals surface area (Å²) >= 11 is 0. The van der Waals surface area contributed by atoms with Gasteiger partial charge in [0.15, 0.2) is 0 Å². The van der Waals surface area contributed by atoms with Crippen LogP contribution in [0.25, 0.3) is 6.08 Å². The summed E-state index contributed by atoms with van der Waals surface area (Å²) in [7, 11) is -0.357. The van der Waals surface area contributed by atoms with Crippen LogP contribution in [0.15, 0.2) is 30.2 Å². The van der Waals surface area contributed by atoms with E-state index >= 15 is 0 Å². The van der Waals surface area contributed by atoms with Gasteiger partial charge in [-0.2, -0.15) is 0 Å². The van der Waals surface area contributed by atoms with Gasteiger partial charge in [0.2, 0.25) is 0 Å². The Labute approximate surface area is 114 Å². The lowest BCUT2D eigenvalue weighted by atomic mass is 9.89. The zero-order valence-corrected chi connectivity index (χ0v) is 11.8. The molecule has 100 valence electrons. The quantitative estimate of drug-likeness (QED) is 0.617. The molecule has 0 aliphatic carbocycles. The third kappa shape index (κ3) is 2.96. The Kier molecular flexibility index (Phi) is 3.65. The van der Waals surface area contributed by atoms with Crippen LogP contribution in [-0.2, 0) is 9.31 Å². The summed E-state index contributed by atoms with van der Waals surface area (Å²) in [4.78, 5) is 10.7. The maximum Gasteiger partial charge on any atom is 0.487 e. The molecular formula is C15H19BO3. The number of benzene rings is 1. The van der Waals surface area contributed by atoms with Crippen molar-refractivity contribution in [3.63, 3.8) is 0 Å². The molecule has 1 aliphatic heterocycles. The summed E-state index contributed by atoms with van der Waals surface area (Å²) in [6.45, 7) is 8.09. The van der Waals surface area contributed by atoms with Crippen LogP contribution in [0.5, 0.6) is 0 Å². The predicted octanol–water partition coefficient (Wildman–Crippen LogP) is 3.14. The van der Waals surface area contributed by atoms with Crippen LogP contribution in [0, 0.1) is 0 Å². The van der Waals surface area contributed by atoms with E-state index in [-0.39, 0.29) is 18.3 Å². The van der Waals surface area contributed by atoms with E-state index in [0.29, 0.717) is 5.56 Å². The first-order valence-electron chi connectivity index (χ1n) is 6.43. The molecule has 3 nitrogen and oxygen atoms in total. The van der Waals surface area contributed by atoms with Crippen LogP contribution in [0.4, 0.5) is 0 Å². The van der Waals surface area contributed by atoms with E-state index in [1.807, 2.05) is 57.9 Å². The zero-order valence-electron chi connectivity index (χ0n) is 11.8. The first kappa shape index (κ1) is 14.0. The molecule has 0 radical (unpaired) electrons. The molecule has 0 unspecified atom stereocenters. The molecule has 1 saturated heterocycles. The lowest BCUT2D eigenvalue weighted by Gasteiger charge is -2.32. The maximum absolute atomic E-state index is 10.7. The molecule has 2 rings (SSSR count). The lowest BCUT2D eigenvalue weighted by Crippen LogP contribution is -2.41. The number of hydrogen-bond donors (Lipinski definition) is 0. The topological polar surface area (TPSA) is 35.5 Å². The fraction of sp³-hybridized carbons (Fsp3) is 0.400. The normalized spacial score (nSPS) is 20.9. The maximum atomic E-state index is 10.7. The SMILES string of the molecule is CC1(C)OB(/C=C/c2cccc(C=O)c2)OC1(C)C. The Morgan fingerprint density at radius 2 is 1.63 bits per heavy atom. The van der Waals surface area contributed by atoms with E-state index in [1.165, 1.54) is 0 Å². The summed E-state index contributed by atoms with van der Waals surface area (Å²) < 4.78 is 11.7. The van der Waals surface area contributed by atoms with Gasteiger partial charge >= 0.3 is 7.12 Å². The fourth-order valence-corrected chi connectivity index (χ4v) is 1.89. The molecule has 0 saturated carbocycles. The van der Waals surface area contributed by atoms with E-state index in [0.717, 1.165) is 11.8 Å². The van der Waals surface area contributed by atoms with Crippen molar-refractivity contribution in [3.05, 3.63) is 41.4 Å². The van der Waals surface area contributed by atoms with Crippen molar-refractivity contribution < 1.29 is 14.1 Å². The van der Waals surface area contributed by atoms with Crippen molar-refractivity contribution >= 4 is 19.5 Å². The standard InChI is InChI=1S/C15H19BO3/c1-14(2)15(3,4)19-16(18-14)9-8-12-6-5-7-13(10-12)11-17/h5-11H,1-4H3/b9-8+. The van der Waals surface area contributed by atoms with E-state index < -0.39 is 0 Å². The zero-order chi connectivity index (χ0) is 14.1. The Morgan fingerprint density at radius 3 is 2.21 bits per heavy atom. The molecule has 0 spiro atoms. The van der Waals surface area contributed by atoms with E-state index in [2.05, 4.69) is 0 Å². The minimum Gasteiger partial charge on any atom is -0.400 e. The van der Waals surface area contributed by atoms with Gasteiger partial charge in [-0.1, -0.05) is 30.3 Å². The Balaban J connectivity index is 2.10. The molecule has 0 amide bonds. The van der Waals surface area contributed by atoms with E-state index in [4.69, 9.17) is 9.31 Å². The minimum absolute atomic E-state index is 0.327. The molecule has 19 heavy (non-hydrogen) atoms. The Morgan fingerprint density at radius 1 is 1.05 bits per heavy atom. The predicted molar refractivity (Wildman–Crippen MR) is 76.9 cm³/mol. The average Bonchev–Trinajstić information content (AvgIpc) is 2.56. The van der Waals surface area contributed by atoms with Crippen LogP contribution >= 0.6 is 0 Å². The van der Waals surface area contributed by atoms with Crippen LogP contribution in [0.3, 0.4) is 0 Å². The second kappa shape index (κ2) is 4.95. The molecule has 4 heteroatoms. The summed E-state index contributed by atoms with van der Waals surface area (Å²) in [6.07, 6.45) is 2.75. The van der Waals surface area contributed by atoms with E-state index in [9.17, 15) is 4.79 Å². The van der Waals surface area contributed by atoms with E-state index in [1.54, 1.807) is 6.07 Å². The summed E-state index contributed by atoms with van der Waals surface area (Å²) in [5, 5.41) is 0. The van der Waals surface area contributed by atoms with Crippen molar-refractivity contribution in [2.75, 3.05) is 0 Å². The molecule has 1 heterocycles. The summed E-state index contributed by atoms with van der Waals surface area (Å²) in [6, 6.07) is 7.40. The Hall–Kier alpha value is -1.39. The number of hydrogen-bond acceptors (Lipinski definition) is 3. The highest BCUT2D eigenvalue weighted by molar-refractivity contribution is 6.52. The van der Waals surface area contributed by atoms with Gasteiger partial charge in [-0.3, -0.25) is 4.79 Å². The van der Waals surface area contributed by atoms with Crippen LogP contribution in [0.1, 0.15) is 43.6 Å². The van der Waals surface area contributed by atoms with Gasteiger partial charge in [-0.25, -0.2) is 0 Å². The third-order valence-electron chi connectivity index (χ3n) is 3.76. The highest BCUT2D eigenvalue weighted by Crippen LogP contribution is 2.36. The second-order valence-electron chi connectivity index (χ2n) is 5.77. The molecule has 1 aromatic carbocycles. The molecule has 0 N–H and O–H groups in total. The van der Waals surface area contributed by atoms with Gasteiger partial charge in [-0.05, 0) is 39.3 Å². The second-order valence-corrected chi connectivity index (χ2v) is 5.77. The summed E-state index contributed by atoms with van der Waals surface area (Å²) in [5.74, 6) is 1.88. The molecule has 0 bridgehead atoms. The highest BCUT2D eigenvalue weighted by Gasteiger charge is 2.49. The molecule has 1 aliphatic rings. The van der Waals surface area contributed by atoms with Gasteiger partial charge in [0, 0.05) is 5.56 Å². The molecular weight excluding hydrogens is 239 g/mol. The van der Waals surface area contributed by atoms with Crippen molar-refractivity contribution in [1.82, 2.24) is 0 Å². The molecule has 0 atom stereocenters. The lowest BCUT2D eigenvalue weighted by molar-refractivity contribution is 0.00578. The minimum atomic E-state index is -0.357. The van der Waals surface area contributed by atoms with Crippen molar-refractivity contribution in [2.45, 2.75) is 38.9 Å². The highest BCUT2D eigenvalue weighted by atomic mass is 16.7. The van der Waals surface area contributed by atoms with Crippen LogP contribution < -0.4 is 0 Å². The van der Waals surface area contributed by atoms with Gasteiger partial charge in [-0.15, -0.1) is 0 Å². The first-order chi connectivity index (χ1) is 8.84. The number of carbonyl (C=O) groups excluding carboxylic acids is 1. The van der Waals surface area contributed by atoms with Crippen molar-refractivity contribution in [1.29, 1.82) is 0 Å². The van der Waals surface area contributed by atoms with Crippen LogP contribution in [0.2, 0.25) is 0 Å². The largest absolute Gasteiger partial charge is 0.487 e. The van der Waals surface area contributed by atoms with Gasteiger partial charge in [0.25, 0.3) is 0 Å². The monoisotopic (exact) mass is 258 g/mol. The number of carbonyl (C=O) groups is 1. The van der Waals surface area contributed by atoms with Gasteiger partial charge in [0.05, 0.1) is 11.2 Å². The van der Waals surface area contributed by atoms with Gasteiger partial charge < -0.3 is 9.31 Å². The number of aldehydes is 1. The average molecular weight is 258 g/mol. The van der Waals surface area contributed by atoms with Crippen LogP contribution in [-0.4, -0.2) is 24.6 Å². The molecule has 1 aromatic rings. The molecule has 1 fully saturated rings. The van der Waals surface area contributed by atoms with Gasteiger partial charge in [0.1, 0.15) is 6.29 Å². The molecule has 0 aromatic heterocycles. The third-order valence-corrected chi connectivity index (χ3v) is 3.76. The van der Waals surface area contributed by atoms with Crippen molar-refractivity contribution in [3.8, 4) is 0 Å². The number of rotatable bonds is 3. The smallest absolute Gasteiger partial charge is 0.400 e. The van der Waals surface area contributed by atoms with Crippen molar-refractivity contribution in [2.24, 2.45) is 0 Å². The Bertz CT molecular complexity index is 490. The first-order valence-corrected chi connectivity index (χ1v) is 6.43. The fourth-order valence-electron chi connectivity index (χ4n) is 1.89.